The van der Waals surface area contributed by atoms with E-state index < -0.39 is 0 Å². The molecular weight excluding hydrogens is 428 g/mol. The zero-order valence-corrected chi connectivity index (χ0v) is 19.7. The van der Waals surface area contributed by atoms with Gasteiger partial charge in [-0.15, -0.1) is 0 Å². The molecule has 2 N–H and O–H groups in total. The Morgan fingerprint density at radius 3 is 2.30 bits per heavy atom. The van der Waals surface area contributed by atoms with Crippen molar-refractivity contribution in [1.29, 1.82) is 0 Å². The Hall–Kier alpha value is -3.19. The standard InChI is InChI=1S/C26H30N6S/c33-26(27-18-20-9-3-1-4-10-20)30-25-28-23(31-14-7-2-8-15-31)17-24(29-25)32-16-13-21-11-5-6-12-22(21)19-32/h1,3-6,9-12,17H,2,7-8,13-16,18-19H2,(H2,27,28,29,30,33). The molecule has 170 valence electrons. The van der Waals surface area contributed by atoms with Gasteiger partial charge in [0.2, 0.25) is 5.95 Å². The lowest BCUT2D eigenvalue weighted by Gasteiger charge is -2.32. The number of nitrogens with one attached hydrogen (secondary N) is 2. The van der Waals surface area contributed by atoms with Gasteiger partial charge >= 0.3 is 0 Å². The van der Waals surface area contributed by atoms with Crippen molar-refractivity contribution in [2.24, 2.45) is 0 Å². The van der Waals surface area contributed by atoms with E-state index in [2.05, 4.69) is 62.9 Å². The van der Waals surface area contributed by atoms with Gasteiger partial charge in [-0.05, 0) is 54.6 Å². The molecule has 3 heterocycles. The van der Waals surface area contributed by atoms with Crippen molar-refractivity contribution in [2.45, 2.75) is 38.8 Å². The van der Waals surface area contributed by atoms with Crippen molar-refractivity contribution < 1.29 is 0 Å². The molecular formula is C26H30N6S. The van der Waals surface area contributed by atoms with Crippen LogP contribution >= 0.6 is 12.2 Å². The number of aromatic nitrogens is 2. The van der Waals surface area contributed by atoms with Crippen molar-refractivity contribution in [3.8, 4) is 0 Å². The summed E-state index contributed by atoms with van der Waals surface area (Å²) in [6.07, 6.45) is 4.72. The number of hydrogen-bond donors (Lipinski definition) is 2. The Morgan fingerprint density at radius 2 is 1.52 bits per heavy atom. The summed E-state index contributed by atoms with van der Waals surface area (Å²) in [5.74, 6) is 2.48. The largest absolute Gasteiger partial charge is 0.358 e. The van der Waals surface area contributed by atoms with E-state index in [4.69, 9.17) is 22.2 Å². The Kier molecular flexibility index (Phi) is 6.67. The Morgan fingerprint density at radius 1 is 0.818 bits per heavy atom. The number of piperidine rings is 1. The first-order valence-electron chi connectivity index (χ1n) is 11.8. The summed E-state index contributed by atoms with van der Waals surface area (Å²) in [5.41, 5.74) is 3.98. The van der Waals surface area contributed by atoms with Crippen LogP contribution in [-0.4, -0.2) is 34.7 Å². The number of rotatable bonds is 5. The van der Waals surface area contributed by atoms with Crippen LogP contribution in [0.25, 0.3) is 0 Å². The maximum absolute atomic E-state index is 5.56. The molecule has 0 saturated carbocycles. The number of hydrogen-bond acceptors (Lipinski definition) is 5. The van der Waals surface area contributed by atoms with Crippen molar-refractivity contribution >= 4 is 34.9 Å². The topological polar surface area (TPSA) is 56.3 Å². The maximum Gasteiger partial charge on any atom is 0.232 e. The lowest BCUT2D eigenvalue weighted by Crippen LogP contribution is -2.34. The molecule has 1 aromatic heterocycles. The molecule has 0 atom stereocenters. The van der Waals surface area contributed by atoms with Gasteiger partial charge in [0.1, 0.15) is 11.6 Å². The molecule has 0 radical (unpaired) electrons. The number of fused-ring (bicyclic) bond motifs is 1. The molecule has 2 aromatic carbocycles. The molecule has 3 aromatic rings. The SMILES string of the molecule is S=C(NCc1ccccc1)Nc1nc(N2CCCCC2)cc(N2CCc3ccccc3C2)n1. The summed E-state index contributed by atoms with van der Waals surface area (Å²) in [6.45, 7) is 4.55. The van der Waals surface area contributed by atoms with Gasteiger partial charge in [-0.2, -0.15) is 9.97 Å². The third-order valence-corrected chi connectivity index (χ3v) is 6.60. The minimum atomic E-state index is 0.532. The second kappa shape index (κ2) is 10.2. The van der Waals surface area contributed by atoms with Gasteiger partial charge in [0.05, 0.1) is 0 Å². The van der Waals surface area contributed by atoms with Gasteiger partial charge in [-0.25, -0.2) is 0 Å². The summed E-state index contributed by atoms with van der Waals surface area (Å²) in [6, 6.07) is 21.1. The van der Waals surface area contributed by atoms with Gasteiger partial charge in [-0.1, -0.05) is 54.6 Å². The molecule has 33 heavy (non-hydrogen) atoms. The van der Waals surface area contributed by atoms with Gasteiger partial charge < -0.3 is 20.4 Å². The quantitative estimate of drug-likeness (QED) is 0.545. The van der Waals surface area contributed by atoms with Crippen molar-refractivity contribution in [2.75, 3.05) is 34.8 Å². The number of thiocarbonyl (C=S) groups is 1. The molecule has 1 fully saturated rings. The van der Waals surface area contributed by atoms with E-state index in [9.17, 15) is 0 Å². The van der Waals surface area contributed by atoms with E-state index in [-0.39, 0.29) is 0 Å². The second-order valence-electron chi connectivity index (χ2n) is 8.69. The molecule has 5 rings (SSSR count). The van der Waals surface area contributed by atoms with Crippen LogP contribution in [0.5, 0.6) is 0 Å². The third kappa shape index (κ3) is 5.42. The van der Waals surface area contributed by atoms with E-state index >= 15 is 0 Å². The molecule has 1 saturated heterocycles. The van der Waals surface area contributed by atoms with Crippen LogP contribution in [0.4, 0.5) is 17.6 Å². The number of anilines is 3. The highest BCUT2D eigenvalue weighted by Crippen LogP contribution is 2.28. The monoisotopic (exact) mass is 458 g/mol. The molecule has 2 aliphatic heterocycles. The Bertz CT molecular complexity index is 1100. The Balaban J connectivity index is 1.35. The van der Waals surface area contributed by atoms with Gasteiger partial charge in [0, 0.05) is 38.8 Å². The lowest BCUT2D eigenvalue weighted by atomic mass is 10.00. The van der Waals surface area contributed by atoms with Crippen LogP contribution in [0.3, 0.4) is 0 Å². The maximum atomic E-state index is 5.56. The van der Waals surface area contributed by atoms with Crippen LogP contribution in [-0.2, 0) is 19.5 Å². The van der Waals surface area contributed by atoms with E-state index in [0.717, 1.165) is 44.2 Å². The van der Waals surface area contributed by atoms with E-state index in [1.807, 2.05) is 18.2 Å². The average Bonchev–Trinajstić information content (AvgIpc) is 2.88. The second-order valence-corrected chi connectivity index (χ2v) is 9.10. The van der Waals surface area contributed by atoms with Gasteiger partial charge in [-0.3, -0.25) is 0 Å². The first-order chi connectivity index (χ1) is 16.2. The molecule has 2 aliphatic rings. The van der Waals surface area contributed by atoms with E-state index in [1.54, 1.807) is 0 Å². The number of nitrogens with zero attached hydrogens (tertiary/aromatic N) is 4. The van der Waals surface area contributed by atoms with Crippen LogP contribution in [0, 0.1) is 0 Å². The summed E-state index contributed by atoms with van der Waals surface area (Å²) in [7, 11) is 0. The minimum Gasteiger partial charge on any atom is -0.358 e. The highest BCUT2D eigenvalue weighted by molar-refractivity contribution is 7.80. The summed E-state index contributed by atoms with van der Waals surface area (Å²) in [5, 5.41) is 7.04. The van der Waals surface area contributed by atoms with Crippen LogP contribution in [0.15, 0.2) is 60.7 Å². The molecule has 6 nitrogen and oxygen atoms in total. The predicted octanol–water partition coefficient (Wildman–Crippen LogP) is 4.52. The molecule has 0 bridgehead atoms. The molecule has 0 amide bonds. The zero-order chi connectivity index (χ0) is 22.5. The fourth-order valence-corrected chi connectivity index (χ4v) is 4.70. The zero-order valence-electron chi connectivity index (χ0n) is 18.8. The normalized spacial score (nSPS) is 15.6. The molecule has 0 spiro atoms. The average molecular weight is 459 g/mol. The Labute approximate surface area is 201 Å². The molecule has 0 unspecified atom stereocenters. The highest BCUT2D eigenvalue weighted by atomic mass is 32.1. The van der Waals surface area contributed by atoms with Crippen LogP contribution in [0.2, 0.25) is 0 Å². The highest BCUT2D eigenvalue weighted by Gasteiger charge is 2.21. The number of benzene rings is 2. The third-order valence-electron chi connectivity index (χ3n) is 6.36. The van der Waals surface area contributed by atoms with Crippen molar-refractivity contribution in [1.82, 2.24) is 15.3 Å². The first-order valence-corrected chi connectivity index (χ1v) is 12.2. The summed E-state index contributed by atoms with van der Waals surface area (Å²) < 4.78 is 0. The fourth-order valence-electron chi connectivity index (χ4n) is 4.54. The van der Waals surface area contributed by atoms with Crippen molar-refractivity contribution in [3.63, 3.8) is 0 Å². The predicted molar refractivity (Wildman–Crippen MR) is 139 cm³/mol. The van der Waals surface area contributed by atoms with E-state index in [0.29, 0.717) is 17.6 Å². The van der Waals surface area contributed by atoms with Crippen LogP contribution < -0.4 is 20.4 Å². The van der Waals surface area contributed by atoms with Gasteiger partial charge in [0.15, 0.2) is 5.11 Å². The lowest BCUT2D eigenvalue weighted by molar-refractivity contribution is 0.573. The van der Waals surface area contributed by atoms with Crippen LogP contribution in [0.1, 0.15) is 36.0 Å². The molecule has 7 heteroatoms. The van der Waals surface area contributed by atoms with Crippen molar-refractivity contribution in [3.05, 3.63) is 77.4 Å². The first kappa shape index (κ1) is 21.6. The summed E-state index contributed by atoms with van der Waals surface area (Å²) in [4.78, 5) is 14.4. The molecule has 0 aliphatic carbocycles. The van der Waals surface area contributed by atoms with E-state index in [1.165, 1.54) is 36.0 Å². The minimum absolute atomic E-state index is 0.532. The van der Waals surface area contributed by atoms with Gasteiger partial charge in [0.25, 0.3) is 0 Å². The smallest absolute Gasteiger partial charge is 0.232 e. The fraction of sp³-hybridized carbons (Fsp3) is 0.346. The summed E-state index contributed by atoms with van der Waals surface area (Å²) >= 11 is 5.56.